The number of nitrogens with two attached hydrogens (primary N) is 1. The lowest BCUT2D eigenvalue weighted by molar-refractivity contribution is -0.0362. The molecular formula is C31H37N7O2. The zero-order valence-electron chi connectivity index (χ0n) is 23.1. The number of rotatable bonds is 11. The summed E-state index contributed by atoms with van der Waals surface area (Å²) >= 11 is 0. The van der Waals surface area contributed by atoms with E-state index in [4.69, 9.17) is 10.7 Å². The van der Waals surface area contributed by atoms with Crippen molar-refractivity contribution in [3.63, 3.8) is 0 Å². The molecule has 1 aliphatic carbocycles. The van der Waals surface area contributed by atoms with Crippen molar-refractivity contribution in [2.24, 2.45) is 17.6 Å². The summed E-state index contributed by atoms with van der Waals surface area (Å²) in [5, 5.41) is 12.9. The van der Waals surface area contributed by atoms with Gasteiger partial charge in [0.2, 0.25) is 0 Å². The number of carbonyl (C=O) groups is 2. The minimum Gasteiger partial charge on any atom is -0.364 e. The van der Waals surface area contributed by atoms with E-state index in [9.17, 15) is 14.9 Å². The second-order valence-electron chi connectivity index (χ2n) is 11.1. The van der Waals surface area contributed by atoms with Gasteiger partial charge in [0, 0.05) is 36.8 Å². The first-order valence-electron chi connectivity index (χ1n) is 14.3. The van der Waals surface area contributed by atoms with Crippen molar-refractivity contribution in [2.75, 3.05) is 18.4 Å². The Morgan fingerprint density at radius 2 is 1.98 bits per heavy atom. The molecule has 208 valence electrons. The van der Waals surface area contributed by atoms with Crippen molar-refractivity contribution in [1.82, 2.24) is 19.4 Å². The summed E-state index contributed by atoms with van der Waals surface area (Å²) in [6, 6.07) is 14.9. The fraction of sp³-hybridized carbons (Fsp3) is 0.452. The Hall–Kier alpha value is -4.03. The highest BCUT2D eigenvalue weighted by atomic mass is 16.2. The second-order valence-corrected chi connectivity index (χ2v) is 11.1. The summed E-state index contributed by atoms with van der Waals surface area (Å²) in [5.74, 6) is 0.167. The van der Waals surface area contributed by atoms with E-state index in [1.165, 1.54) is 12.8 Å². The average molecular weight is 540 g/mol. The SMILES string of the molecule is CCCN1CCCCC1(CC(C#N)CC1CC1)n1cnc(-c2ccc(C(=O)Nc3ccccn3)cc2)c1C(N)=O. The normalized spacial score (nSPS) is 20.0. The zero-order chi connectivity index (χ0) is 28.1. The molecule has 3 N–H and O–H groups in total. The Labute approximate surface area is 235 Å². The number of piperidine rings is 1. The predicted octanol–water partition coefficient (Wildman–Crippen LogP) is 5.17. The van der Waals surface area contributed by atoms with E-state index in [2.05, 4.69) is 28.2 Å². The van der Waals surface area contributed by atoms with Crippen LogP contribution in [0, 0.1) is 23.2 Å². The molecule has 9 heteroatoms. The van der Waals surface area contributed by atoms with Crippen LogP contribution in [-0.4, -0.2) is 44.3 Å². The molecule has 0 bridgehead atoms. The molecular weight excluding hydrogens is 502 g/mol. The maximum Gasteiger partial charge on any atom is 0.267 e. The molecule has 2 atom stereocenters. The maximum atomic E-state index is 13.1. The third-order valence-electron chi connectivity index (χ3n) is 8.18. The molecule has 1 saturated heterocycles. The van der Waals surface area contributed by atoms with Gasteiger partial charge < -0.3 is 15.6 Å². The van der Waals surface area contributed by atoms with E-state index in [1.807, 2.05) is 4.57 Å². The van der Waals surface area contributed by atoms with Crippen molar-refractivity contribution in [2.45, 2.75) is 64.0 Å². The molecule has 1 aromatic carbocycles. The van der Waals surface area contributed by atoms with E-state index in [0.717, 1.165) is 45.2 Å². The van der Waals surface area contributed by atoms with Gasteiger partial charge in [-0.2, -0.15) is 5.26 Å². The predicted molar refractivity (Wildman–Crippen MR) is 153 cm³/mol. The number of imidazole rings is 1. The van der Waals surface area contributed by atoms with Crippen LogP contribution in [0.4, 0.5) is 5.82 Å². The number of nitrogens with zero attached hydrogens (tertiary/aromatic N) is 5. The van der Waals surface area contributed by atoms with Gasteiger partial charge in [0.1, 0.15) is 22.9 Å². The molecule has 2 amide bonds. The third kappa shape index (κ3) is 5.77. The van der Waals surface area contributed by atoms with Gasteiger partial charge in [0.25, 0.3) is 11.8 Å². The van der Waals surface area contributed by atoms with E-state index in [-0.39, 0.29) is 11.8 Å². The lowest BCUT2D eigenvalue weighted by Gasteiger charge is -2.49. The van der Waals surface area contributed by atoms with E-state index >= 15 is 0 Å². The molecule has 2 unspecified atom stereocenters. The van der Waals surface area contributed by atoms with Crippen molar-refractivity contribution in [3.8, 4) is 17.3 Å². The summed E-state index contributed by atoms with van der Waals surface area (Å²) in [5.41, 5.74) is 7.50. The van der Waals surface area contributed by atoms with E-state index < -0.39 is 11.6 Å². The highest BCUT2D eigenvalue weighted by molar-refractivity contribution is 6.04. The van der Waals surface area contributed by atoms with Crippen LogP contribution in [0.2, 0.25) is 0 Å². The van der Waals surface area contributed by atoms with Crippen LogP contribution in [0.1, 0.15) is 79.1 Å². The van der Waals surface area contributed by atoms with Gasteiger partial charge in [0.05, 0.1) is 18.3 Å². The smallest absolute Gasteiger partial charge is 0.267 e. The molecule has 5 rings (SSSR count). The molecule has 3 heterocycles. The summed E-state index contributed by atoms with van der Waals surface area (Å²) < 4.78 is 1.97. The topological polar surface area (TPSA) is 130 Å². The zero-order valence-corrected chi connectivity index (χ0v) is 23.1. The Morgan fingerprint density at radius 1 is 1.18 bits per heavy atom. The average Bonchev–Trinajstić information content (AvgIpc) is 3.67. The van der Waals surface area contributed by atoms with Gasteiger partial charge in [-0.25, -0.2) is 9.97 Å². The number of carbonyl (C=O) groups excluding carboxylic acids is 2. The number of hydrogen-bond donors (Lipinski definition) is 2. The van der Waals surface area contributed by atoms with Crippen molar-refractivity contribution in [3.05, 3.63) is 66.2 Å². The number of primary amides is 1. The van der Waals surface area contributed by atoms with Crippen molar-refractivity contribution < 1.29 is 9.59 Å². The first-order valence-corrected chi connectivity index (χ1v) is 14.3. The van der Waals surface area contributed by atoms with Gasteiger partial charge in [-0.3, -0.25) is 14.5 Å². The van der Waals surface area contributed by atoms with E-state index in [0.29, 0.717) is 40.7 Å². The number of benzene rings is 1. The lowest BCUT2D eigenvalue weighted by atomic mass is 9.83. The number of hydrogen-bond acceptors (Lipinski definition) is 6. The molecule has 3 aromatic rings. The van der Waals surface area contributed by atoms with Crippen LogP contribution in [-0.2, 0) is 5.66 Å². The number of likely N-dealkylation sites (tertiary alicyclic amines) is 1. The number of anilines is 1. The summed E-state index contributed by atoms with van der Waals surface area (Å²) in [4.78, 5) is 37.1. The van der Waals surface area contributed by atoms with Crippen LogP contribution < -0.4 is 11.1 Å². The van der Waals surface area contributed by atoms with Gasteiger partial charge in [-0.15, -0.1) is 0 Å². The second kappa shape index (κ2) is 12.0. The molecule has 2 aliphatic rings. The van der Waals surface area contributed by atoms with Gasteiger partial charge >= 0.3 is 0 Å². The van der Waals surface area contributed by atoms with Crippen molar-refractivity contribution in [1.29, 1.82) is 5.26 Å². The minimum atomic E-state index is -0.554. The van der Waals surface area contributed by atoms with Crippen LogP contribution in [0.15, 0.2) is 55.0 Å². The summed E-state index contributed by atoms with van der Waals surface area (Å²) in [6.07, 6.45) is 11.2. The first-order chi connectivity index (χ1) is 19.4. The molecule has 1 aliphatic heterocycles. The minimum absolute atomic E-state index is 0.103. The van der Waals surface area contributed by atoms with Crippen LogP contribution in [0.3, 0.4) is 0 Å². The Morgan fingerprint density at radius 3 is 2.62 bits per heavy atom. The van der Waals surface area contributed by atoms with Crippen LogP contribution in [0.5, 0.6) is 0 Å². The third-order valence-corrected chi connectivity index (χ3v) is 8.18. The number of pyridine rings is 1. The molecule has 1 saturated carbocycles. The molecule has 0 radical (unpaired) electrons. The quantitative estimate of drug-likeness (QED) is 0.346. The summed E-state index contributed by atoms with van der Waals surface area (Å²) in [6.45, 7) is 3.93. The van der Waals surface area contributed by atoms with Crippen LogP contribution in [0.25, 0.3) is 11.3 Å². The molecule has 2 fully saturated rings. The fourth-order valence-corrected chi connectivity index (χ4v) is 6.12. The standard InChI is InChI=1S/C31H37N7O2/c1-2-16-37-17-6-4-14-31(37,19-23(20-32)18-22-8-9-22)38-21-35-27(28(38)29(33)39)24-10-12-25(13-11-24)30(40)36-26-7-3-5-15-34-26/h3,5,7,10-13,15,21-23H,2,4,6,8-9,14,16-19H2,1H3,(H2,33,39)(H,34,36,40). The van der Waals surface area contributed by atoms with Crippen LogP contribution >= 0.6 is 0 Å². The monoisotopic (exact) mass is 539 g/mol. The largest absolute Gasteiger partial charge is 0.364 e. The number of nitrogens with one attached hydrogen (secondary N) is 1. The van der Waals surface area contributed by atoms with Gasteiger partial charge in [0.15, 0.2) is 0 Å². The lowest BCUT2D eigenvalue weighted by Crippen LogP contribution is -2.55. The highest BCUT2D eigenvalue weighted by Gasteiger charge is 2.45. The van der Waals surface area contributed by atoms with Gasteiger partial charge in [-0.05, 0) is 62.3 Å². The summed E-state index contributed by atoms with van der Waals surface area (Å²) in [7, 11) is 0. The Balaban J connectivity index is 1.49. The Bertz CT molecular complexity index is 1370. The van der Waals surface area contributed by atoms with Crippen molar-refractivity contribution >= 4 is 17.6 Å². The molecule has 2 aromatic heterocycles. The molecule has 40 heavy (non-hydrogen) atoms. The first kappa shape index (κ1) is 27.5. The number of aromatic nitrogens is 3. The maximum absolute atomic E-state index is 13.1. The fourth-order valence-electron chi connectivity index (χ4n) is 6.12. The molecule has 9 nitrogen and oxygen atoms in total. The Kier molecular flexibility index (Phi) is 8.27. The van der Waals surface area contributed by atoms with E-state index in [1.54, 1.807) is 55.0 Å². The van der Waals surface area contributed by atoms with Gasteiger partial charge in [-0.1, -0.05) is 38.0 Å². The highest BCUT2D eigenvalue weighted by Crippen LogP contribution is 2.44. The molecule has 0 spiro atoms. The number of amides is 2. The number of nitriles is 1.